The first-order valence-corrected chi connectivity index (χ1v) is 10.7. The number of aromatic nitrogens is 2. The minimum atomic E-state index is -0.908. The van der Waals surface area contributed by atoms with Crippen molar-refractivity contribution in [2.45, 2.75) is 31.2 Å². The number of fused-ring (bicyclic) bond motifs is 1. The van der Waals surface area contributed by atoms with Crippen LogP contribution in [0.3, 0.4) is 0 Å². The highest BCUT2D eigenvalue weighted by Crippen LogP contribution is 2.34. The van der Waals surface area contributed by atoms with E-state index in [1.807, 2.05) is 23.1 Å². The van der Waals surface area contributed by atoms with Crippen molar-refractivity contribution in [2.24, 2.45) is 0 Å². The Labute approximate surface area is 183 Å². The summed E-state index contributed by atoms with van der Waals surface area (Å²) in [5, 5.41) is 10.0. The molecule has 0 aliphatic carbocycles. The van der Waals surface area contributed by atoms with Crippen LogP contribution in [0.5, 0.6) is 0 Å². The average molecular weight is 436 g/mol. The summed E-state index contributed by atoms with van der Waals surface area (Å²) in [5.41, 5.74) is 3.54. The number of carbonyl (C=O) groups excluding carboxylic acids is 2. The number of carbonyl (C=O) groups is 2. The van der Waals surface area contributed by atoms with Gasteiger partial charge in [-0.25, -0.2) is 8.78 Å². The normalized spacial score (nSPS) is 20.2. The number of nitrogens with zero attached hydrogens (tertiary/aromatic N) is 2. The molecule has 1 fully saturated rings. The van der Waals surface area contributed by atoms with Crippen molar-refractivity contribution < 1.29 is 18.4 Å². The van der Waals surface area contributed by atoms with E-state index < -0.39 is 11.6 Å². The molecule has 32 heavy (non-hydrogen) atoms. The number of hydrogen-bond donors (Lipinski definition) is 2. The van der Waals surface area contributed by atoms with E-state index in [0.29, 0.717) is 29.8 Å². The zero-order valence-electron chi connectivity index (χ0n) is 17.3. The van der Waals surface area contributed by atoms with Crippen LogP contribution in [0.15, 0.2) is 48.7 Å². The highest BCUT2D eigenvalue weighted by molar-refractivity contribution is 5.99. The number of hydrogen-bond acceptors (Lipinski definition) is 3. The lowest BCUT2D eigenvalue weighted by Gasteiger charge is -2.33. The molecule has 0 unspecified atom stereocenters. The molecule has 0 bridgehead atoms. The summed E-state index contributed by atoms with van der Waals surface area (Å²) in [4.78, 5) is 27.1. The molecule has 0 radical (unpaired) electrons. The predicted molar refractivity (Wildman–Crippen MR) is 114 cm³/mol. The average Bonchev–Trinajstić information content (AvgIpc) is 3.41. The second-order valence-corrected chi connectivity index (χ2v) is 8.32. The van der Waals surface area contributed by atoms with Crippen LogP contribution in [-0.4, -0.2) is 40.0 Å². The van der Waals surface area contributed by atoms with Gasteiger partial charge in [0, 0.05) is 35.8 Å². The number of amides is 2. The van der Waals surface area contributed by atoms with E-state index in [-0.39, 0.29) is 30.2 Å². The summed E-state index contributed by atoms with van der Waals surface area (Å²) in [6, 6.07) is 10.8. The molecule has 2 atom stereocenters. The Balaban J connectivity index is 1.32. The number of likely N-dealkylation sites (tertiary alicyclic amines) is 1. The van der Waals surface area contributed by atoms with Crippen molar-refractivity contribution in [1.29, 1.82) is 0 Å². The Hall–Kier alpha value is -3.55. The van der Waals surface area contributed by atoms with Crippen LogP contribution >= 0.6 is 0 Å². The summed E-state index contributed by atoms with van der Waals surface area (Å²) >= 11 is 0. The molecule has 5 rings (SSSR count). The maximum Gasteiger partial charge on any atom is 0.252 e. The van der Waals surface area contributed by atoms with E-state index >= 15 is 0 Å². The monoisotopic (exact) mass is 436 g/mol. The lowest BCUT2D eigenvalue weighted by molar-refractivity contribution is -0.132. The first-order valence-electron chi connectivity index (χ1n) is 10.7. The molecule has 0 saturated carbocycles. The molecular weight excluding hydrogens is 414 g/mol. The SMILES string of the molecule is O=C1N[C@H](CC(=O)N2CCC[C@H](c3[nH]ncc3-c3ccc(F)c(F)c3)C2)c2ccccc21. The molecule has 8 heteroatoms. The Morgan fingerprint density at radius 2 is 1.97 bits per heavy atom. The fourth-order valence-electron chi connectivity index (χ4n) is 4.73. The van der Waals surface area contributed by atoms with Gasteiger partial charge in [-0.1, -0.05) is 24.3 Å². The molecule has 2 aliphatic heterocycles. The maximum atomic E-state index is 13.8. The second-order valence-electron chi connectivity index (χ2n) is 8.32. The first-order chi connectivity index (χ1) is 15.5. The molecule has 6 nitrogen and oxygen atoms in total. The van der Waals surface area contributed by atoms with Crippen molar-refractivity contribution in [3.8, 4) is 11.1 Å². The molecule has 3 heterocycles. The van der Waals surface area contributed by atoms with Crippen molar-refractivity contribution in [1.82, 2.24) is 20.4 Å². The summed E-state index contributed by atoms with van der Waals surface area (Å²) < 4.78 is 27.1. The van der Waals surface area contributed by atoms with E-state index in [0.717, 1.165) is 36.2 Å². The van der Waals surface area contributed by atoms with E-state index in [1.165, 1.54) is 6.07 Å². The van der Waals surface area contributed by atoms with Crippen LogP contribution in [0.4, 0.5) is 8.78 Å². The summed E-state index contributed by atoms with van der Waals surface area (Å²) in [6.45, 7) is 1.15. The van der Waals surface area contributed by atoms with Crippen LogP contribution < -0.4 is 5.32 Å². The fraction of sp³-hybridized carbons (Fsp3) is 0.292. The number of H-pyrrole nitrogens is 1. The minimum absolute atomic E-state index is 0.00349. The van der Waals surface area contributed by atoms with Crippen LogP contribution in [0.1, 0.15) is 52.8 Å². The number of benzene rings is 2. The van der Waals surface area contributed by atoms with Gasteiger partial charge in [-0.15, -0.1) is 0 Å². The number of halogens is 2. The summed E-state index contributed by atoms with van der Waals surface area (Å²) in [6.07, 6.45) is 3.48. The van der Waals surface area contributed by atoms with Gasteiger partial charge in [-0.05, 0) is 42.2 Å². The van der Waals surface area contributed by atoms with Crippen LogP contribution in [0.2, 0.25) is 0 Å². The lowest BCUT2D eigenvalue weighted by atomic mass is 9.90. The van der Waals surface area contributed by atoms with E-state index in [4.69, 9.17) is 0 Å². The quantitative estimate of drug-likeness (QED) is 0.651. The number of nitrogens with one attached hydrogen (secondary N) is 2. The topological polar surface area (TPSA) is 78.1 Å². The number of rotatable bonds is 4. The van der Waals surface area contributed by atoms with Gasteiger partial charge in [0.2, 0.25) is 5.91 Å². The summed E-state index contributed by atoms with van der Waals surface area (Å²) in [7, 11) is 0. The standard InChI is InChI=1S/C24H22F2N4O2/c25-19-8-7-14(10-20(19)26)18-12-27-29-23(18)15-4-3-9-30(13-15)22(31)11-21-16-5-1-2-6-17(16)24(32)28-21/h1-2,5-8,10,12,15,21H,3-4,9,11,13H2,(H,27,29)(H,28,32)/t15-,21+/m0/s1. The van der Waals surface area contributed by atoms with Gasteiger partial charge in [-0.3, -0.25) is 14.7 Å². The molecule has 3 aromatic rings. The molecule has 1 aromatic heterocycles. The van der Waals surface area contributed by atoms with Crippen molar-refractivity contribution >= 4 is 11.8 Å². The highest BCUT2D eigenvalue weighted by Gasteiger charge is 2.33. The zero-order valence-corrected chi connectivity index (χ0v) is 17.3. The van der Waals surface area contributed by atoms with Gasteiger partial charge >= 0.3 is 0 Å². The predicted octanol–water partition coefficient (Wildman–Crippen LogP) is 3.94. The van der Waals surface area contributed by atoms with Gasteiger partial charge in [-0.2, -0.15) is 5.10 Å². The highest BCUT2D eigenvalue weighted by atomic mass is 19.2. The molecule has 2 N–H and O–H groups in total. The summed E-state index contributed by atoms with van der Waals surface area (Å²) in [5.74, 6) is -1.97. The van der Waals surface area contributed by atoms with Gasteiger partial charge in [0.05, 0.1) is 18.7 Å². The molecule has 2 aliphatic rings. The Bertz CT molecular complexity index is 1190. The van der Waals surface area contributed by atoms with Gasteiger partial charge < -0.3 is 10.2 Å². The van der Waals surface area contributed by atoms with Crippen molar-refractivity contribution in [2.75, 3.05) is 13.1 Å². The molecule has 2 aromatic carbocycles. The number of aromatic amines is 1. The fourth-order valence-corrected chi connectivity index (χ4v) is 4.73. The third-order valence-electron chi connectivity index (χ3n) is 6.35. The zero-order chi connectivity index (χ0) is 22.2. The molecule has 2 amide bonds. The van der Waals surface area contributed by atoms with Gasteiger partial charge in [0.25, 0.3) is 5.91 Å². The Kier molecular flexibility index (Phi) is 5.20. The molecule has 164 valence electrons. The smallest absolute Gasteiger partial charge is 0.252 e. The molecule has 0 spiro atoms. The third-order valence-corrected chi connectivity index (χ3v) is 6.35. The van der Waals surface area contributed by atoms with Crippen LogP contribution in [0, 0.1) is 11.6 Å². The molecular formula is C24H22F2N4O2. The second kappa shape index (κ2) is 8.18. The van der Waals surface area contributed by atoms with Gasteiger partial charge in [0.15, 0.2) is 11.6 Å². The van der Waals surface area contributed by atoms with Crippen LogP contribution in [0.25, 0.3) is 11.1 Å². The van der Waals surface area contributed by atoms with Gasteiger partial charge in [0.1, 0.15) is 0 Å². The largest absolute Gasteiger partial charge is 0.345 e. The third kappa shape index (κ3) is 3.66. The lowest BCUT2D eigenvalue weighted by Crippen LogP contribution is -2.40. The van der Waals surface area contributed by atoms with Crippen molar-refractivity contribution in [3.05, 3.63) is 77.1 Å². The number of piperidine rings is 1. The van der Waals surface area contributed by atoms with Crippen molar-refractivity contribution in [3.63, 3.8) is 0 Å². The van der Waals surface area contributed by atoms with Crippen LogP contribution in [-0.2, 0) is 4.79 Å². The van der Waals surface area contributed by atoms with E-state index in [1.54, 1.807) is 12.3 Å². The van der Waals surface area contributed by atoms with E-state index in [9.17, 15) is 18.4 Å². The van der Waals surface area contributed by atoms with E-state index in [2.05, 4.69) is 15.5 Å². The minimum Gasteiger partial charge on any atom is -0.345 e. The Morgan fingerprint density at radius 3 is 2.81 bits per heavy atom. The maximum absolute atomic E-state index is 13.8. The Morgan fingerprint density at radius 1 is 1.12 bits per heavy atom. The first kappa shape index (κ1) is 20.4. The molecule has 1 saturated heterocycles.